The summed E-state index contributed by atoms with van der Waals surface area (Å²) in [4.78, 5) is 27.3. The molecule has 64 heavy (non-hydrogen) atoms. The smallest absolute Gasteiger partial charge is 0.330 e. The Labute approximate surface area is 391 Å². The number of rotatable bonds is 19. The van der Waals surface area contributed by atoms with E-state index in [0.717, 1.165) is 66.8 Å². The van der Waals surface area contributed by atoms with Crippen LogP contribution in [0.15, 0.2) is 108 Å². The number of esters is 2. The molecule has 8 nitrogen and oxygen atoms in total. The zero-order valence-corrected chi connectivity index (χ0v) is 42.2. The van der Waals surface area contributed by atoms with Gasteiger partial charge in [0.2, 0.25) is 0 Å². The predicted molar refractivity (Wildman–Crippen MR) is 265 cm³/mol. The molecule has 4 rings (SSSR count). The van der Waals surface area contributed by atoms with Crippen LogP contribution >= 0.6 is 23.5 Å². The third kappa shape index (κ3) is 14.6. The van der Waals surface area contributed by atoms with Crippen LogP contribution in [0.1, 0.15) is 105 Å². The fraction of sp³-hybridized carbons (Fsp3) is 0.444. The van der Waals surface area contributed by atoms with E-state index in [4.69, 9.17) is 28.4 Å². The highest BCUT2D eigenvalue weighted by atomic mass is 32.2. The van der Waals surface area contributed by atoms with Gasteiger partial charge < -0.3 is 28.4 Å². The summed E-state index contributed by atoms with van der Waals surface area (Å²) in [5.74, 6) is 1.75. The Morgan fingerprint density at radius 1 is 0.484 bits per heavy atom. The molecule has 0 aliphatic carbocycles. The highest BCUT2D eigenvalue weighted by Crippen LogP contribution is 2.47. The van der Waals surface area contributed by atoms with E-state index in [1.807, 2.05) is 61.0 Å². The van der Waals surface area contributed by atoms with Crippen molar-refractivity contribution in [1.29, 1.82) is 0 Å². The molecule has 0 amide bonds. The largest absolute Gasteiger partial charge is 0.490 e. The predicted octanol–water partition coefficient (Wildman–Crippen LogP) is 13.1. The fourth-order valence-corrected chi connectivity index (χ4v) is 7.68. The topological polar surface area (TPSA) is 89.5 Å². The van der Waals surface area contributed by atoms with Crippen LogP contribution < -0.4 is 18.9 Å². The summed E-state index contributed by atoms with van der Waals surface area (Å²) in [5.41, 5.74) is 4.78. The summed E-state index contributed by atoms with van der Waals surface area (Å²) in [5, 5.41) is 0. The van der Waals surface area contributed by atoms with Gasteiger partial charge in [0, 0.05) is 44.2 Å². The van der Waals surface area contributed by atoms with Gasteiger partial charge >= 0.3 is 11.9 Å². The third-order valence-corrected chi connectivity index (χ3v) is 11.9. The molecule has 2 atom stereocenters. The highest BCUT2D eigenvalue weighted by molar-refractivity contribution is 7.98. The van der Waals surface area contributed by atoms with E-state index in [0.29, 0.717) is 11.5 Å². The van der Waals surface area contributed by atoms with Crippen LogP contribution in [0, 0.1) is 0 Å². The maximum absolute atomic E-state index is 12.5. The molecule has 0 aromatic heterocycles. The van der Waals surface area contributed by atoms with Gasteiger partial charge in [-0.05, 0) is 118 Å². The third-order valence-electron chi connectivity index (χ3n) is 10.5. The maximum Gasteiger partial charge on any atom is 0.330 e. The van der Waals surface area contributed by atoms with Gasteiger partial charge in [-0.2, -0.15) is 0 Å². The van der Waals surface area contributed by atoms with Crippen molar-refractivity contribution in [3.63, 3.8) is 0 Å². The van der Waals surface area contributed by atoms with Crippen molar-refractivity contribution < 1.29 is 38.0 Å². The minimum Gasteiger partial charge on any atom is -0.490 e. The molecular weight excluding hydrogens is 841 g/mol. The van der Waals surface area contributed by atoms with Crippen LogP contribution in [-0.2, 0) is 40.7 Å². The van der Waals surface area contributed by atoms with Crippen LogP contribution in [0.2, 0.25) is 0 Å². The maximum atomic E-state index is 12.5. The average molecular weight is 911 g/mol. The van der Waals surface area contributed by atoms with Crippen LogP contribution in [0.25, 0.3) is 11.1 Å². The molecule has 0 saturated carbocycles. The second-order valence-corrected chi connectivity index (χ2v) is 21.7. The average Bonchev–Trinajstić information content (AvgIpc) is 3.23. The first-order valence-electron chi connectivity index (χ1n) is 21.7. The first-order valence-corrected chi connectivity index (χ1v) is 24.2. The van der Waals surface area contributed by atoms with Crippen LogP contribution in [-0.4, -0.2) is 63.1 Å². The number of thioether (sulfide) groups is 2. The number of hydrogen-bond donors (Lipinski definition) is 0. The second kappa shape index (κ2) is 21.9. The van der Waals surface area contributed by atoms with E-state index < -0.39 is 24.1 Å². The van der Waals surface area contributed by atoms with Crippen molar-refractivity contribution in [3.8, 4) is 34.1 Å². The molecule has 2 unspecified atom stereocenters. The van der Waals surface area contributed by atoms with Crippen molar-refractivity contribution in [2.24, 2.45) is 0 Å². The van der Waals surface area contributed by atoms with E-state index in [1.54, 1.807) is 23.5 Å². The lowest BCUT2D eigenvalue weighted by atomic mass is 9.75. The van der Waals surface area contributed by atoms with Crippen LogP contribution in [0.4, 0.5) is 0 Å². The monoisotopic (exact) mass is 910 g/mol. The van der Waals surface area contributed by atoms with Gasteiger partial charge in [0.15, 0.2) is 12.2 Å². The number of ether oxygens (including phenoxy) is 6. The molecule has 346 valence electrons. The molecule has 4 aromatic carbocycles. The Balaban J connectivity index is 1.79. The number of hydrogen-bond acceptors (Lipinski definition) is 10. The van der Waals surface area contributed by atoms with Gasteiger partial charge in [0.05, 0.1) is 0 Å². The molecule has 0 aliphatic heterocycles. The second-order valence-electron chi connectivity index (χ2n) is 19.9. The first kappa shape index (κ1) is 51.8. The van der Waals surface area contributed by atoms with E-state index in [-0.39, 0.29) is 48.1 Å². The molecule has 0 radical (unpaired) electrons. The molecule has 4 aromatic rings. The molecule has 10 heteroatoms. The van der Waals surface area contributed by atoms with Crippen molar-refractivity contribution in [2.75, 3.05) is 38.9 Å². The van der Waals surface area contributed by atoms with Crippen molar-refractivity contribution in [2.45, 2.75) is 127 Å². The number of carbonyl (C=O) groups excluding carboxylic acids is 2. The van der Waals surface area contributed by atoms with Gasteiger partial charge in [0.1, 0.15) is 49.4 Å². The molecule has 0 heterocycles. The Morgan fingerprint density at radius 3 is 0.984 bits per heavy atom. The summed E-state index contributed by atoms with van der Waals surface area (Å²) < 4.78 is 37.4. The molecule has 0 aliphatic rings. The van der Waals surface area contributed by atoms with Gasteiger partial charge in [0.25, 0.3) is 0 Å². The Hall–Kier alpha value is -4.80. The zero-order chi connectivity index (χ0) is 47.6. The Morgan fingerprint density at radius 2 is 0.750 bits per heavy atom. The zero-order valence-electron chi connectivity index (χ0n) is 40.6. The van der Waals surface area contributed by atoms with Gasteiger partial charge in [-0.15, -0.1) is 23.5 Å². The van der Waals surface area contributed by atoms with Gasteiger partial charge in [-0.25, -0.2) is 9.59 Å². The lowest BCUT2D eigenvalue weighted by molar-refractivity contribution is -0.147. The fourth-order valence-electron chi connectivity index (χ4n) is 6.86. The van der Waals surface area contributed by atoms with Crippen LogP contribution in [0.3, 0.4) is 0 Å². The SMILES string of the molecule is C=CC(=O)OC(COc1ccc(SC)cc1)COc1c(C(C)(C)C)cc(-c2cc(C(C)(C)C)c(OCC(COc3ccc(SC)cc3)OC(=O)C=C)c(C(C)(C)C)c2)cc1C(C)(C)C. The standard InChI is InChI=1S/C54H70O8S2/c1-17-47(55)61-39(31-57-37-19-23-41(63-15)24-20-37)33-59-49-43(51(3,4)5)27-35(28-44(49)52(6,7)8)36-29-45(53(9,10)11)50(46(30-36)54(12,13)14)60-34-40(62-48(56)18-2)32-58-38-21-25-42(64-16)26-22-38/h17-30,39-40H,1-2,31-34H2,3-16H3. The van der Waals surface area contributed by atoms with E-state index in [9.17, 15) is 9.59 Å². The highest BCUT2D eigenvalue weighted by Gasteiger charge is 2.33. The summed E-state index contributed by atoms with van der Waals surface area (Å²) in [6.07, 6.45) is 4.94. The van der Waals surface area contributed by atoms with Gasteiger partial charge in [-0.1, -0.05) is 96.2 Å². The minimum atomic E-state index is -0.708. The molecule has 0 saturated heterocycles. The first-order chi connectivity index (χ1) is 29.9. The molecule has 0 N–H and O–H groups in total. The minimum absolute atomic E-state index is 0.0702. The number of benzene rings is 4. The van der Waals surface area contributed by atoms with E-state index in [2.05, 4.69) is 121 Å². The van der Waals surface area contributed by atoms with Crippen molar-refractivity contribution in [1.82, 2.24) is 0 Å². The Bertz CT molecular complexity index is 1990. The van der Waals surface area contributed by atoms with E-state index in [1.165, 1.54) is 0 Å². The van der Waals surface area contributed by atoms with E-state index >= 15 is 0 Å². The quantitative estimate of drug-likeness (QED) is 0.0515. The molecular formula is C54H70O8S2. The molecule has 0 spiro atoms. The van der Waals surface area contributed by atoms with Crippen LogP contribution in [0.5, 0.6) is 23.0 Å². The lowest BCUT2D eigenvalue weighted by Crippen LogP contribution is -2.32. The lowest BCUT2D eigenvalue weighted by Gasteiger charge is -2.33. The summed E-state index contributed by atoms with van der Waals surface area (Å²) in [6.45, 7) is 33.7. The normalized spacial score (nSPS) is 13.0. The molecule has 0 fully saturated rings. The van der Waals surface area contributed by atoms with Gasteiger partial charge in [-0.3, -0.25) is 0 Å². The summed E-state index contributed by atoms with van der Waals surface area (Å²) in [7, 11) is 0. The summed E-state index contributed by atoms with van der Waals surface area (Å²) in [6, 6.07) is 24.5. The number of carbonyl (C=O) groups is 2. The van der Waals surface area contributed by atoms with Crippen molar-refractivity contribution >= 4 is 35.5 Å². The van der Waals surface area contributed by atoms with Crippen molar-refractivity contribution in [3.05, 3.63) is 120 Å². The summed E-state index contributed by atoms with van der Waals surface area (Å²) >= 11 is 3.31. The Kier molecular flexibility index (Phi) is 17.8. The molecule has 0 bridgehead atoms.